The number of aliphatic imine (C=N–C) groups is 1. The van der Waals surface area contributed by atoms with Gasteiger partial charge in [-0.05, 0) is 5.92 Å². The first-order chi connectivity index (χ1) is 11.3. The summed E-state index contributed by atoms with van der Waals surface area (Å²) in [5.41, 5.74) is -0.806. The molecule has 0 aliphatic carbocycles. The van der Waals surface area contributed by atoms with Crippen LogP contribution in [0.4, 0.5) is 13.2 Å². The first kappa shape index (κ1) is 22.8. The molecule has 2 heterocycles. The summed E-state index contributed by atoms with van der Waals surface area (Å²) in [6.07, 6.45) is -3.91. The molecule has 4 nitrogen and oxygen atoms in total. The van der Waals surface area contributed by atoms with Crippen LogP contribution in [-0.4, -0.2) is 53.5 Å². The van der Waals surface area contributed by atoms with E-state index in [2.05, 4.69) is 34.0 Å². The molecule has 1 aliphatic rings. The molecule has 10 heteroatoms. The number of nitrogens with one attached hydrogen (secondary N) is 1. The van der Waals surface area contributed by atoms with Gasteiger partial charge in [-0.15, -0.1) is 35.3 Å². The van der Waals surface area contributed by atoms with Crippen LogP contribution in [0.25, 0.3) is 0 Å². The minimum absolute atomic E-state index is 0. The number of rotatable bonds is 4. The molecule has 1 aromatic rings. The Morgan fingerprint density at radius 3 is 2.76 bits per heavy atom. The van der Waals surface area contributed by atoms with E-state index < -0.39 is 11.9 Å². The Hall–Kier alpha value is -0.230. The Labute approximate surface area is 172 Å². The van der Waals surface area contributed by atoms with Crippen LogP contribution in [0.2, 0.25) is 0 Å². The zero-order valence-electron chi connectivity index (χ0n) is 14.5. The summed E-state index contributed by atoms with van der Waals surface area (Å²) in [5, 5.41) is 5.38. The van der Waals surface area contributed by atoms with Gasteiger partial charge in [0.1, 0.15) is 0 Å². The van der Waals surface area contributed by atoms with Crippen molar-refractivity contribution in [1.82, 2.24) is 15.2 Å². The molecule has 1 saturated heterocycles. The smallest absolute Gasteiger partial charge is 0.356 e. The van der Waals surface area contributed by atoms with Crippen LogP contribution in [0.5, 0.6) is 0 Å². The highest BCUT2D eigenvalue weighted by Crippen LogP contribution is 2.30. The maximum absolute atomic E-state index is 12.6. The molecule has 1 fully saturated rings. The molecular weight excluding hydrogens is 484 g/mol. The maximum atomic E-state index is 12.6. The van der Waals surface area contributed by atoms with Gasteiger partial charge in [-0.25, -0.2) is 4.98 Å². The van der Waals surface area contributed by atoms with E-state index in [1.807, 2.05) is 11.8 Å². The van der Waals surface area contributed by atoms with Crippen LogP contribution < -0.4 is 5.32 Å². The van der Waals surface area contributed by atoms with Crippen LogP contribution in [0.15, 0.2) is 10.4 Å². The topological polar surface area (TPSA) is 40.5 Å². The van der Waals surface area contributed by atoms with Gasteiger partial charge >= 0.3 is 6.18 Å². The highest BCUT2D eigenvalue weighted by atomic mass is 127. The summed E-state index contributed by atoms with van der Waals surface area (Å²) in [4.78, 5) is 10.2. The molecule has 0 amide bonds. The molecule has 144 valence electrons. The fraction of sp³-hybridized carbons (Fsp3) is 0.733. The zero-order chi connectivity index (χ0) is 17.7. The molecule has 0 radical (unpaired) electrons. The third kappa shape index (κ3) is 6.78. The van der Waals surface area contributed by atoms with Gasteiger partial charge in [-0.2, -0.15) is 24.9 Å². The number of alkyl halides is 3. The van der Waals surface area contributed by atoms with E-state index in [4.69, 9.17) is 0 Å². The average Bonchev–Trinajstić information content (AvgIpc) is 3.01. The van der Waals surface area contributed by atoms with Crippen LogP contribution in [0.1, 0.15) is 24.5 Å². The summed E-state index contributed by atoms with van der Waals surface area (Å²) < 4.78 is 37.7. The number of nitrogens with zero attached hydrogens (tertiary/aromatic N) is 3. The highest BCUT2D eigenvalue weighted by molar-refractivity contribution is 14.0. The van der Waals surface area contributed by atoms with E-state index in [1.165, 1.54) is 0 Å². The second-order valence-corrected chi connectivity index (χ2v) is 8.24. The van der Waals surface area contributed by atoms with E-state index in [0.29, 0.717) is 29.1 Å². The van der Waals surface area contributed by atoms with E-state index in [0.717, 1.165) is 41.5 Å². The molecule has 1 aliphatic heterocycles. The molecule has 25 heavy (non-hydrogen) atoms. The molecule has 2 rings (SSSR count). The van der Waals surface area contributed by atoms with E-state index >= 15 is 0 Å². The van der Waals surface area contributed by atoms with Gasteiger partial charge in [0.2, 0.25) is 0 Å². The minimum Gasteiger partial charge on any atom is -0.356 e. The van der Waals surface area contributed by atoms with Gasteiger partial charge in [0.05, 0.1) is 5.01 Å². The lowest BCUT2D eigenvalue weighted by atomic mass is 10.1. The van der Waals surface area contributed by atoms with Gasteiger partial charge in [-0.3, -0.25) is 4.99 Å². The molecule has 1 aromatic heterocycles. The highest BCUT2D eigenvalue weighted by Gasteiger charge is 2.33. The van der Waals surface area contributed by atoms with Crippen molar-refractivity contribution >= 4 is 53.0 Å². The summed E-state index contributed by atoms with van der Waals surface area (Å²) >= 11 is 3.04. The Balaban J connectivity index is 0.00000312. The fourth-order valence-corrected chi connectivity index (χ4v) is 4.54. The molecule has 0 aromatic carbocycles. The zero-order valence-corrected chi connectivity index (χ0v) is 18.4. The molecule has 0 bridgehead atoms. The second kappa shape index (κ2) is 10.2. The number of thioether (sulfide) groups is 1. The summed E-state index contributed by atoms with van der Waals surface area (Å²) in [6, 6.07) is 0. The van der Waals surface area contributed by atoms with Crippen molar-refractivity contribution in [1.29, 1.82) is 0 Å². The molecule has 0 spiro atoms. The van der Waals surface area contributed by atoms with Crippen LogP contribution in [0, 0.1) is 5.92 Å². The lowest BCUT2D eigenvalue weighted by molar-refractivity contribution is -0.140. The Morgan fingerprint density at radius 1 is 1.48 bits per heavy atom. The van der Waals surface area contributed by atoms with Gasteiger partial charge in [0, 0.05) is 49.5 Å². The van der Waals surface area contributed by atoms with Gasteiger partial charge in [0.15, 0.2) is 11.7 Å². The van der Waals surface area contributed by atoms with Crippen LogP contribution >= 0.6 is 47.1 Å². The van der Waals surface area contributed by atoms with Crippen molar-refractivity contribution < 1.29 is 13.2 Å². The van der Waals surface area contributed by atoms with Crippen molar-refractivity contribution in [2.45, 2.75) is 31.7 Å². The SMILES string of the molecule is CN=C(NCCc1nc(C(F)(F)F)cs1)N1CCSC(C(C)C)C1.I. The van der Waals surface area contributed by atoms with Crippen molar-refractivity contribution in [3.05, 3.63) is 16.1 Å². The van der Waals surface area contributed by atoms with E-state index in [1.54, 1.807) is 7.05 Å². The maximum Gasteiger partial charge on any atom is 0.434 e. The predicted molar refractivity (Wildman–Crippen MR) is 110 cm³/mol. The molecule has 1 atom stereocenters. The van der Waals surface area contributed by atoms with Crippen LogP contribution in [0.3, 0.4) is 0 Å². The van der Waals surface area contributed by atoms with Crippen molar-refractivity contribution in [3.8, 4) is 0 Å². The molecular formula is C15H24F3IN4S2. The minimum atomic E-state index is -4.37. The molecule has 0 saturated carbocycles. The summed E-state index contributed by atoms with van der Waals surface area (Å²) in [7, 11) is 1.74. The standard InChI is InChI=1S/C15H23F3N4S2.HI/c1-10(2)11-8-22(6-7-23-11)14(19-3)20-5-4-13-21-12(9-24-13)15(16,17)18;/h9-11H,4-8H2,1-3H3,(H,19,20);1H. The third-order valence-electron chi connectivity index (χ3n) is 3.81. The summed E-state index contributed by atoms with van der Waals surface area (Å²) in [6.45, 7) is 6.84. The first-order valence-electron chi connectivity index (χ1n) is 7.90. The number of guanidine groups is 1. The molecule has 1 N–H and O–H groups in total. The average molecular weight is 508 g/mol. The fourth-order valence-electron chi connectivity index (χ4n) is 2.44. The number of hydrogen-bond acceptors (Lipinski definition) is 4. The van der Waals surface area contributed by atoms with Crippen molar-refractivity contribution in [2.24, 2.45) is 10.9 Å². The largest absolute Gasteiger partial charge is 0.434 e. The van der Waals surface area contributed by atoms with Crippen molar-refractivity contribution in [2.75, 3.05) is 32.4 Å². The molecule has 1 unspecified atom stereocenters. The number of aromatic nitrogens is 1. The number of thiazole rings is 1. The second-order valence-electron chi connectivity index (χ2n) is 5.95. The van der Waals surface area contributed by atoms with Gasteiger partial charge in [-0.1, -0.05) is 13.8 Å². The predicted octanol–water partition coefficient (Wildman–Crippen LogP) is 3.97. The third-order valence-corrected chi connectivity index (χ3v) is 6.26. The van der Waals surface area contributed by atoms with E-state index in [9.17, 15) is 13.2 Å². The van der Waals surface area contributed by atoms with E-state index in [-0.39, 0.29) is 24.0 Å². The number of halogens is 4. The number of hydrogen-bond donors (Lipinski definition) is 1. The Morgan fingerprint density at radius 2 is 2.20 bits per heavy atom. The monoisotopic (exact) mass is 508 g/mol. The Bertz CT molecular complexity index is 563. The van der Waals surface area contributed by atoms with Crippen molar-refractivity contribution in [3.63, 3.8) is 0 Å². The van der Waals surface area contributed by atoms with Gasteiger partial charge < -0.3 is 10.2 Å². The lowest BCUT2D eigenvalue weighted by Crippen LogP contribution is -2.49. The first-order valence-corrected chi connectivity index (χ1v) is 9.83. The quantitative estimate of drug-likeness (QED) is 0.380. The lowest BCUT2D eigenvalue weighted by Gasteiger charge is -2.36. The Kier molecular flexibility index (Phi) is 9.30. The van der Waals surface area contributed by atoms with Gasteiger partial charge in [0.25, 0.3) is 0 Å². The summed E-state index contributed by atoms with van der Waals surface area (Å²) in [5.74, 6) is 2.48. The van der Waals surface area contributed by atoms with Crippen LogP contribution in [-0.2, 0) is 12.6 Å². The normalized spacial score (nSPS) is 19.1.